The standard InChI is InChI=1S/C20H28N2O3/c1-14-8-10-17(11-9-14)22(2)20(24)15-5-3-6-16(13-15)21-19(23)18-7-4-12-25-18/h3,5-6,13-14,17-18H,4,7-12H2,1-2H3,(H,21,23). The van der Waals surface area contributed by atoms with Gasteiger partial charge in [0, 0.05) is 30.9 Å². The number of hydrogen-bond acceptors (Lipinski definition) is 3. The van der Waals surface area contributed by atoms with E-state index in [0.717, 1.165) is 31.6 Å². The van der Waals surface area contributed by atoms with Gasteiger partial charge in [-0.1, -0.05) is 13.0 Å². The molecule has 5 nitrogen and oxygen atoms in total. The van der Waals surface area contributed by atoms with Crippen molar-refractivity contribution in [3.8, 4) is 0 Å². The molecule has 1 heterocycles. The van der Waals surface area contributed by atoms with Crippen molar-refractivity contribution in [1.82, 2.24) is 4.90 Å². The second-order valence-electron chi connectivity index (χ2n) is 7.40. The van der Waals surface area contributed by atoms with Gasteiger partial charge in [0.15, 0.2) is 0 Å². The van der Waals surface area contributed by atoms with Crippen LogP contribution in [-0.2, 0) is 9.53 Å². The lowest BCUT2D eigenvalue weighted by Gasteiger charge is -2.33. The Hall–Kier alpha value is -1.88. The first-order chi connectivity index (χ1) is 12.0. The first kappa shape index (κ1) is 17.9. The minimum absolute atomic E-state index is 0.0211. The Morgan fingerprint density at radius 3 is 2.60 bits per heavy atom. The third-order valence-corrected chi connectivity index (χ3v) is 5.45. The summed E-state index contributed by atoms with van der Waals surface area (Å²) in [7, 11) is 1.89. The van der Waals surface area contributed by atoms with Gasteiger partial charge in [0.2, 0.25) is 0 Å². The van der Waals surface area contributed by atoms with Gasteiger partial charge in [-0.2, -0.15) is 0 Å². The molecule has 1 N–H and O–H groups in total. The highest BCUT2D eigenvalue weighted by molar-refractivity contribution is 5.98. The maximum Gasteiger partial charge on any atom is 0.253 e. The van der Waals surface area contributed by atoms with E-state index >= 15 is 0 Å². The minimum atomic E-state index is -0.369. The highest BCUT2D eigenvalue weighted by Gasteiger charge is 2.26. The molecule has 3 rings (SSSR count). The van der Waals surface area contributed by atoms with E-state index in [1.54, 1.807) is 6.07 Å². The van der Waals surface area contributed by atoms with Crippen molar-refractivity contribution in [2.75, 3.05) is 19.0 Å². The van der Waals surface area contributed by atoms with Gasteiger partial charge < -0.3 is 15.0 Å². The molecule has 5 heteroatoms. The zero-order chi connectivity index (χ0) is 17.8. The smallest absolute Gasteiger partial charge is 0.253 e. The van der Waals surface area contributed by atoms with Crippen LogP contribution in [0.1, 0.15) is 55.8 Å². The molecule has 0 radical (unpaired) electrons. The van der Waals surface area contributed by atoms with Crippen LogP contribution in [0.2, 0.25) is 0 Å². The van der Waals surface area contributed by atoms with E-state index < -0.39 is 0 Å². The van der Waals surface area contributed by atoms with Crippen LogP contribution in [0.5, 0.6) is 0 Å². The number of benzene rings is 1. The molecule has 25 heavy (non-hydrogen) atoms. The number of anilines is 1. The molecule has 2 aliphatic rings. The van der Waals surface area contributed by atoms with Gasteiger partial charge in [-0.25, -0.2) is 0 Å². The fraction of sp³-hybridized carbons (Fsp3) is 0.600. The molecule has 1 aromatic carbocycles. The molecular formula is C20H28N2O3. The van der Waals surface area contributed by atoms with E-state index in [9.17, 15) is 9.59 Å². The summed E-state index contributed by atoms with van der Waals surface area (Å²) < 4.78 is 5.40. The van der Waals surface area contributed by atoms with Gasteiger partial charge in [-0.05, 0) is 62.6 Å². The molecule has 1 unspecified atom stereocenters. The highest BCUT2D eigenvalue weighted by atomic mass is 16.5. The zero-order valence-corrected chi connectivity index (χ0v) is 15.2. The topological polar surface area (TPSA) is 58.6 Å². The number of carbonyl (C=O) groups excluding carboxylic acids is 2. The molecule has 1 aromatic rings. The van der Waals surface area contributed by atoms with Gasteiger partial charge in [-0.15, -0.1) is 0 Å². The van der Waals surface area contributed by atoms with Crippen molar-refractivity contribution >= 4 is 17.5 Å². The van der Waals surface area contributed by atoms with E-state index in [0.29, 0.717) is 23.9 Å². The predicted octanol–water partition coefficient (Wildman–Crippen LogP) is 3.45. The molecule has 1 saturated carbocycles. The van der Waals surface area contributed by atoms with E-state index in [1.165, 1.54) is 12.8 Å². The average Bonchev–Trinajstić information content (AvgIpc) is 3.16. The van der Waals surface area contributed by atoms with Crippen molar-refractivity contribution in [3.63, 3.8) is 0 Å². The number of ether oxygens (including phenoxy) is 1. The van der Waals surface area contributed by atoms with Crippen molar-refractivity contribution in [2.24, 2.45) is 5.92 Å². The first-order valence-corrected chi connectivity index (χ1v) is 9.34. The Kier molecular flexibility index (Phi) is 5.74. The van der Waals surface area contributed by atoms with Crippen LogP contribution >= 0.6 is 0 Å². The van der Waals surface area contributed by atoms with Gasteiger partial charge >= 0.3 is 0 Å². The average molecular weight is 344 g/mol. The van der Waals surface area contributed by atoms with Crippen molar-refractivity contribution in [3.05, 3.63) is 29.8 Å². The molecule has 0 bridgehead atoms. The second kappa shape index (κ2) is 8.00. The molecule has 1 aliphatic carbocycles. The molecule has 0 aromatic heterocycles. The predicted molar refractivity (Wildman–Crippen MR) is 97.6 cm³/mol. The van der Waals surface area contributed by atoms with Crippen LogP contribution in [0.15, 0.2) is 24.3 Å². The van der Waals surface area contributed by atoms with Crippen molar-refractivity contribution < 1.29 is 14.3 Å². The van der Waals surface area contributed by atoms with Gasteiger partial charge in [0.05, 0.1) is 0 Å². The molecule has 136 valence electrons. The third kappa shape index (κ3) is 4.40. The summed E-state index contributed by atoms with van der Waals surface area (Å²) in [6, 6.07) is 7.51. The van der Waals surface area contributed by atoms with E-state index in [2.05, 4.69) is 12.2 Å². The Labute approximate surface area is 149 Å². The molecule has 1 atom stereocenters. The maximum atomic E-state index is 12.8. The van der Waals surface area contributed by atoms with Crippen LogP contribution in [0, 0.1) is 5.92 Å². The summed E-state index contributed by atoms with van der Waals surface area (Å²) in [5.41, 5.74) is 1.27. The minimum Gasteiger partial charge on any atom is -0.368 e. The molecule has 1 saturated heterocycles. The summed E-state index contributed by atoms with van der Waals surface area (Å²) >= 11 is 0. The monoisotopic (exact) mass is 344 g/mol. The SMILES string of the molecule is CC1CCC(N(C)C(=O)c2cccc(NC(=O)C3CCCO3)c2)CC1. The maximum absolute atomic E-state index is 12.8. The molecule has 2 fully saturated rings. The molecule has 2 amide bonds. The van der Waals surface area contributed by atoms with Crippen LogP contribution < -0.4 is 5.32 Å². The van der Waals surface area contributed by atoms with E-state index in [-0.39, 0.29) is 17.9 Å². The Morgan fingerprint density at radius 2 is 1.92 bits per heavy atom. The molecule has 1 aliphatic heterocycles. The summed E-state index contributed by atoms with van der Waals surface area (Å²) in [5, 5.41) is 2.87. The fourth-order valence-corrected chi connectivity index (χ4v) is 3.74. The number of amides is 2. The van der Waals surface area contributed by atoms with Crippen LogP contribution in [0.4, 0.5) is 5.69 Å². The van der Waals surface area contributed by atoms with Crippen LogP contribution in [0.25, 0.3) is 0 Å². The Balaban J connectivity index is 1.63. The van der Waals surface area contributed by atoms with E-state index in [1.807, 2.05) is 30.1 Å². The van der Waals surface area contributed by atoms with Gasteiger partial charge in [0.25, 0.3) is 11.8 Å². The quantitative estimate of drug-likeness (QED) is 0.910. The Morgan fingerprint density at radius 1 is 1.16 bits per heavy atom. The number of nitrogens with one attached hydrogen (secondary N) is 1. The van der Waals surface area contributed by atoms with E-state index in [4.69, 9.17) is 4.74 Å². The number of rotatable bonds is 4. The number of carbonyl (C=O) groups is 2. The lowest BCUT2D eigenvalue weighted by Crippen LogP contribution is -2.39. The number of nitrogens with zero attached hydrogens (tertiary/aromatic N) is 1. The third-order valence-electron chi connectivity index (χ3n) is 5.45. The zero-order valence-electron chi connectivity index (χ0n) is 15.2. The molecular weight excluding hydrogens is 316 g/mol. The van der Waals surface area contributed by atoms with Gasteiger partial charge in [0.1, 0.15) is 6.10 Å². The lowest BCUT2D eigenvalue weighted by molar-refractivity contribution is -0.124. The first-order valence-electron chi connectivity index (χ1n) is 9.34. The normalized spacial score (nSPS) is 26.2. The highest BCUT2D eigenvalue weighted by Crippen LogP contribution is 2.27. The lowest BCUT2D eigenvalue weighted by atomic mass is 9.86. The summed E-state index contributed by atoms with van der Waals surface area (Å²) in [4.78, 5) is 26.9. The van der Waals surface area contributed by atoms with Crippen LogP contribution in [-0.4, -0.2) is 42.5 Å². The van der Waals surface area contributed by atoms with Crippen LogP contribution in [0.3, 0.4) is 0 Å². The number of hydrogen-bond donors (Lipinski definition) is 1. The largest absolute Gasteiger partial charge is 0.368 e. The Bertz CT molecular complexity index is 617. The van der Waals surface area contributed by atoms with Crippen molar-refractivity contribution in [2.45, 2.75) is 57.6 Å². The van der Waals surface area contributed by atoms with Crippen molar-refractivity contribution in [1.29, 1.82) is 0 Å². The summed E-state index contributed by atoms with van der Waals surface area (Å²) in [6.45, 7) is 2.92. The van der Waals surface area contributed by atoms with Gasteiger partial charge in [-0.3, -0.25) is 9.59 Å². The second-order valence-corrected chi connectivity index (χ2v) is 7.40. The summed E-state index contributed by atoms with van der Waals surface area (Å²) in [5.74, 6) is 0.653. The summed E-state index contributed by atoms with van der Waals surface area (Å²) in [6.07, 6.45) is 5.80. The fourth-order valence-electron chi connectivity index (χ4n) is 3.74. The molecule has 0 spiro atoms.